The molecule has 0 aliphatic rings. The van der Waals surface area contributed by atoms with E-state index in [0.29, 0.717) is 18.8 Å². The molecule has 0 atom stereocenters. The molecule has 2 radical (unpaired) electrons. The molecule has 0 fully saturated rings. The second kappa shape index (κ2) is 9.66. The maximum atomic E-state index is 9.19. The van der Waals surface area contributed by atoms with Crippen LogP contribution in [-0.4, -0.2) is 85.0 Å². The molecule has 0 aliphatic heterocycles. The molecule has 0 saturated carbocycles. The zero-order valence-electron chi connectivity index (χ0n) is 8.44. The zero-order chi connectivity index (χ0) is 13.5. The Morgan fingerprint density at radius 2 is 0.750 bits per heavy atom. The van der Waals surface area contributed by atoms with Gasteiger partial charge in [-0.3, -0.25) is 4.55 Å². The summed E-state index contributed by atoms with van der Waals surface area (Å²) in [6.45, 7) is 0. The summed E-state index contributed by atoms with van der Waals surface area (Å²) in [6, 6.07) is 0. The van der Waals surface area contributed by atoms with Crippen molar-refractivity contribution in [1.29, 1.82) is 0 Å². The molecule has 0 aromatic heterocycles. The molecule has 0 heterocycles. The summed E-state index contributed by atoms with van der Waals surface area (Å²) in [5.74, 6) is 0. The molecule has 0 unspecified atom stereocenters. The first-order valence-electron chi connectivity index (χ1n) is 2.74. The van der Waals surface area contributed by atoms with E-state index in [-0.39, 0.29) is 27.3 Å². The zero-order valence-corrected chi connectivity index (χ0v) is 14.8. The van der Waals surface area contributed by atoms with E-state index in [1.165, 1.54) is 0 Å². The van der Waals surface area contributed by atoms with Crippen LogP contribution in [0.2, 0.25) is 0 Å². The molecule has 0 spiro atoms. The normalized spacial score (nSPS) is 10.9. The largest absolute Gasteiger partial charge is 2.00 e. The Kier molecular flexibility index (Phi) is 15.4. The molecule has 0 aromatic rings. The van der Waals surface area contributed by atoms with Gasteiger partial charge in [0.25, 0.3) is 10.1 Å². The average molecular weight is 494 g/mol. The minimum Gasteiger partial charge on any atom is -0.748 e. The van der Waals surface area contributed by atoms with Crippen molar-refractivity contribution in [3.05, 3.63) is 0 Å². The van der Waals surface area contributed by atoms with E-state index < -0.39 is 30.4 Å². The van der Waals surface area contributed by atoms with E-state index in [4.69, 9.17) is 30.5 Å². The van der Waals surface area contributed by atoms with Crippen molar-refractivity contribution in [1.82, 2.24) is 0 Å². The summed E-state index contributed by atoms with van der Waals surface area (Å²) in [6.07, 6.45) is 1.92. The Labute approximate surface area is 115 Å². The first-order valence-corrected chi connectivity index (χ1v) is 8.22. The van der Waals surface area contributed by atoms with Crippen LogP contribution in [0.15, 0.2) is 0 Å². The average Bonchev–Trinajstić information content (AvgIpc) is 1.41. The third-order valence-electron chi connectivity index (χ3n) is 0. The van der Waals surface area contributed by atoms with Gasteiger partial charge in [0.2, 0.25) is 0 Å². The van der Waals surface area contributed by atoms with Gasteiger partial charge >= 0.3 is 27.3 Å². The maximum Gasteiger partial charge on any atom is 2.00 e. The molecular weight excluding hydrogens is 483 g/mol. The Balaban J connectivity index is -0.0000000655. The van der Waals surface area contributed by atoms with Crippen molar-refractivity contribution in [3.63, 3.8) is 0 Å². The van der Waals surface area contributed by atoms with Crippen LogP contribution >= 0.6 is 0 Å². The van der Waals surface area contributed by atoms with Gasteiger partial charge in [-0.1, -0.05) is 0 Å². The molecule has 13 heteroatoms. The van der Waals surface area contributed by atoms with Crippen LogP contribution in [-0.2, 0) is 30.4 Å². The van der Waals surface area contributed by atoms with Crippen molar-refractivity contribution >= 4 is 57.7 Å². The van der Waals surface area contributed by atoms with Crippen molar-refractivity contribution in [3.8, 4) is 0 Å². The second-order valence-electron chi connectivity index (χ2n) is 2.14. The van der Waals surface area contributed by atoms with Gasteiger partial charge in [-0.25, -0.2) is 16.8 Å². The number of hydrogen-bond acceptors (Lipinski definition) is 8. The van der Waals surface area contributed by atoms with Crippen LogP contribution < -0.4 is 0 Å². The van der Waals surface area contributed by atoms with Gasteiger partial charge in [0.15, 0.2) is 0 Å². The molecule has 16 heavy (non-hydrogen) atoms. The summed E-state index contributed by atoms with van der Waals surface area (Å²) in [7, 11) is -11.5. The predicted molar refractivity (Wildman–Crippen MR) is 54.5 cm³/mol. The van der Waals surface area contributed by atoms with Gasteiger partial charge in [-0.15, -0.1) is 0 Å². The summed E-state index contributed by atoms with van der Waals surface area (Å²) in [5, 5.41) is 0. The minimum atomic E-state index is -3.92. The molecule has 0 amide bonds. The summed E-state index contributed by atoms with van der Waals surface area (Å²) < 4.78 is 80.3. The van der Waals surface area contributed by atoms with E-state index >= 15 is 0 Å². The van der Waals surface area contributed by atoms with Crippen LogP contribution in [0.4, 0.5) is 0 Å². The SMILES string of the molecule is CS(=O)(=O)O.CS(=O)(=O)[O-].CS(=O)(=O)[O-].[Pb+2]. The van der Waals surface area contributed by atoms with Gasteiger partial charge in [-0.05, 0) is 0 Å². The topological polar surface area (TPSA) is 169 Å². The van der Waals surface area contributed by atoms with E-state index in [0.717, 1.165) is 0 Å². The molecule has 0 aromatic carbocycles. The summed E-state index contributed by atoms with van der Waals surface area (Å²) in [5.41, 5.74) is 0. The third-order valence-corrected chi connectivity index (χ3v) is 0. The van der Waals surface area contributed by atoms with Gasteiger partial charge in [0, 0.05) is 12.5 Å². The summed E-state index contributed by atoms with van der Waals surface area (Å²) >= 11 is 0. The van der Waals surface area contributed by atoms with Crippen molar-refractivity contribution in [2.24, 2.45) is 0 Å². The minimum absolute atomic E-state index is 0. The first kappa shape index (κ1) is 25.5. The molecule has 9 nitrogen and oxygen atoms in total. The van der Waals surface area contributed by atoms with Crippen molar-refractivity contribution in [2.75, 3.05) is 18.8 Å². The Bertz CT molecular complexity index is 347. The fraction of sp³-hybridized carbons (Fsp3) is 1.00. The van der Waals surface area contributed by atoms with Crippen LogP contribution in [0, 0.1) is 0 Å². The standard InChI is InChI=1S/3CH4O3S.Pb/c3*1-5(2,3)4;/h3*1H3,(H,2,3,4);/q;;;+2/p-2. The fourth-order valence-corrected chi connectivity index (χ4v) is 0. The summed E-state index contributed by atoms with van der Waals surface area (Å²) in [4.78, 5) is 0. The van der Waals surface area contributed by atoms with E-state index in [1.54, 1.807) is 0 Å². The van der Waals surface area contributed by atoms with Crippen LogP contribution in [0.1, 0.15) is 0 Å². The monoisotopic (exact) mass is 494 g/mol. The Morgan fingerprint density at radius 3 is 0.750 bits per heavy atom. The van der Waals surface area contributed by atoms with Gasteiger partial charge < -0.3 is 9.11 Å². The van der Waals surface area contributed by atoms with Crippen molar-refractivity contribution < 1.29 is 38.9 Å². The molecule has 1 N–H and O–H groups in total. The number of hydrogen-bond donors (Lipinski definition) is 1. The molecule has 0 rings (SSSR count). The Morgan fingerprint density at radius 1 is 0.750 bits per heavy atom. The van der Waals surface area contributed by atoms with Gasteiger partial charge in [0.1, 0.15) is 0 Å². The molecule has 0 saturated heterocycles. The number of rotatable bonds is 0. The van der Waals surface area contributed by atoms with Crippen LogP contribution in [0.5, 0.6) is 0 Å². The molecule has 0 bridgehead atoms. The van der Waals surface area contributed by atoms with Gasteiger partial charge in [0.05, 0.1) is 26.5 Å². The first-order chi connectivity index (χ1) is 6.00. The van der Waals surface area contributed by atoms with Gasteiger partial charge in [-0.2, -0.15) is 8.42 Å². The van der Waals surface area contributed by atoms with E-state index in [2.05, 4.69) is 0 Å². The third kappa shape index (κ3) is 6420. The van der Waals surface area contributed by atoms with Crippen molar-refractivity contribution in [2.45, 2.75) is 0 Å². The van der Waals surface area contributed by atoms with Crippen LogP contribution in [0.25, 0.3) is 0 Å². The predicted octanol–water partition coefficient (Wildman–Crippen LogP) is -2.55. The molecule has 0 aliphatic carbocycles. The smallest absolute Gasteiger partial charge is 0.748 e. The Hall–Kier alpha value is 0.652. The molecular formula is C3H10O9PbS3. The fourth-order valence-electron chi connectivity index (χ4n) is 0. The maximum absolute atomic E-state index is 9.19. The molecule has 98 valence electrons. The quantitative estimate of drug-likeness (QED) is 0.282. The van der Waals surface area contributed by atoms with Crippen LogP contribution in [0.3, 0.4) is 0 Å². The van der Waals surface area contributed by atoms with E-state index in [1.807, 2.05) is 0 Å². The second-order valence-corrected chi connectivity index (χ2v) is 6.42. The van der Waals surface area contributed by atoms with E-state index in [9.17, 15) is 8.42 Å².